The molecule has 2 aliphatic heterocycles. The highest BCUT2D eigenvalue weighted by molar-refractivity contribution is 5.92. The third kappa shape index (κ3) is 6.44. The molecule has 0 bridgehead atoms. The third-order valence-corrected chi connectivity index (χ3v) is 7.93. The van der Waals surface area contributed by atoms with Crippen molar-refractivity contribution in [3.05, 3.63) is 95.6 Å². The number of methoxy groups -OCH3 is 2. The molecule has 0 spiro atoms. The number of piperazine rings is 1. The van der Waals surface area contributed by atoms with Crippen molar-refractivity contribution in [1.82, 2.24) is 25.1 Å². The van der Waals surface area contributed by atoms with Gasteiger partial charge in [-0.05, 0) is 41.7 Å². The molecule has 2 aliphatic rings. The highest BCUT2D eigenvalue weighted by Crippen LogP contribution is 2.35. The zero-order valence-corrected chi connectivity index (χ0v) is 24.9. The van der Waals surface area contributed by atoms with E-state index in [4.69, 9.17) is 9.47 Å². The van der Waals surface area contributed by atoms with Crippen molar-refractivity contribution in [2.24, 2.45) is 0 Å². The van der Waals surface area contributed by atoms with Crippen molar-refractivity contribution < 1.29 is 23.9 Å². The molecule has 5 rings (SSSR count). The fourth-order valence-corrected chi connectivity index (χ4v) is 5.85. The Bertz CT molecular complexity index is 1420. The first-order valence-corrected chi connectivity index (χ1v) is 14.7. The standard InChI is InChI=1S/C33H39N5O5/c1-4-18-36-23-30(39)37-29(38(36)33(41)34-21-25-11-7-5-8-12-25)22-35(32(40)31(37)26-13-9-6-10-14-26)19-17-24-15-16-27(42-2)28(20-24)43-3/h5-16,20,29,31H,4,17-19,21-23H2,1-3H3,(H,34,41)/t29-,31-/m0/s1. The Balaban J connectivity index is 1.46. The lowest BCUT2D eigenvalue weighted by molar-refractivity contribution is -0.191. The number of carbonyl (C=O) groups is 3. The van der Waals surface area contributed by atoms with Gasteiger partial charge >= 0.3 is 6.03 Å². The Kier molecular flexibility index (Phi) is 9.46. The van der Waals surface area contributed by atoms with E-state index in [2.05, 4.69) is 5.32 Å². The lowest BCUT2D eigenvalue weighted by Gasteiger charge is -2.55. The van der Waals surface area contributed by atoms with Crippen LogP contribution in [0.1, 0.15) is 36.1 Å². The number of carbonyl (C=O) groups excluding carboxylic acids is 3. The molecule has 0 aromatic heterocycles. The Hall–Kier alpha value is -4.57. The number of benzene rings is 3. The average Bonchev–Trinajstić information content (AvgIpc) is 3.04. The van der Waals surface area contributed by atoms with Gasteiger partial charge in [-0.25, -0.2) is 14.8 Å². The Morgan fingerprint density at radius 3 is 2.26 bits per heavy atom. The molecule has 2 saturated heterocycles. The predicted molar refractivity (Wildman–Crippen MR) is 162 cm³/mol. The number of amides is 4. The van der Waals surface area contributed by atoms with Gasteiger partial charge in [-0.3, -0.25) is 9.59 Å². The number of rotatable bonds is 10. The second-order valence-electron chi connectivity index (χ2n) is 10.7. The number of nitrogens with zero attached hydrogens (tertiary/aromatic N) is 4. The number of ether oxygens (including phenoxy) is 2. The van der Waals surface area contributed by atoms with E-state index < -0.39 is 12.2 Å². The molecule has 2 atom stereocenters. The summed E-state index contributed by atoms with van der Waals surface area (Å²) in [5.41, 5.74) is 2.67. The topological polar surface area (TPSA) is 94.7 Å². The summed E-state index contributed by atoms with van der Waals surface area (Å²) in [6, 6.07) is 23.6. The molecule has 0 aliphatic carbocycles. The van der Waals surface area contributed by atoms with E-state index in [0.717, 1.165) is 23.1 Å². The fourth-order valence-electron chi connectivity index (χ4n) is 5.85. The van der Waals surface area contributed by atoms with Gasteiger partial charge in [0.1, 0.15) is 12.2 Å². The lowest BCUT2D eigenvalue weighted by atomic mass is 9.98. The minimum Gasteiger partial charge on any atom is -0.493 e. The van der Waals surface area contributed by atoms with E-state index in [9.17, 15) is 14.4 Å². The van der Waals surface area contributed by atoms with Crippen molar-refractivity contribution in [3.63, 3.8) is 0 Å². The minimum atomic E-state index is -0.842. The summed E-state index contributed by atoms with van der Waals surface area (Å²) in [5.74, 6) is 0.916. The van der Waals surface area contributed by atoms with E-state index >= 15 is 0 Å². The van der Waals surface area contributed by atoms with Gasteiger partial charge in [0.2, 0.25) is 11.8 Å². The molecular weight excluding hydrogens is 546 g/mol. The van der Waals surface area contributed by atoms with Crippen LogP contribution < -0.4 is 14.8 Å². The van der Waals surface area contributed by atoms with Crippen molar-refractivity contribution in [1.29, 1.82) is 0 Å². The average molecular weight is 586 g/mol. The highest BCUT2D eigenvalue weighted by Gasteiger charge is 2.51. The summed E-state index contributed by atoms with van der Waals surface area (Å²) in [5, 5.41) is 6.51. The summed E-state index contributed by atoms with van der Waals surface area (Å²) in [6.07, 6.45) is 0.650. The molecule has 0 unspecified atom stereocenters. The molecule has 43 heavy (non-hydrogen) atoms. The van der Waals surface area contributed by atoms with Gasteiger partial charge < -0.3 is 24.6 Å². The number of fused-ring (bicyclic) bond motifs is 1. The van der Waals surface area contributed by atoms with Crippen LogP contribution in [0.25, 0.3) is 0 Å². The van der Waals surface area contributed by atoms with Crippen LogP contribution in [0.4, 0.5) is 4.79 Å². The van der Waals surface area contributed by atoms with Crippen LogP contribution in [0.5, 0.6) is 11.5 Å². The van der Waals surface area contributed by atoms with Gasteiger partial charge in [0.05, 0.1) is 27.3 Å². The van der Waals surface area contributed by atoms with Crippen LogP contribution in [-0.4, -0.2) is 84.2 Å². The summed E-state index contributed by atoms with van der Waals surface area (Å²) in [7, 11) is 3.18. The van der Waals surface area contributed by atoms with Gasteiger partial charge in [0, 0.05) is 19.6 Å². The zero-order valence-electron chi connectivity index (χ0n) is 24.9. The summed E-state index contributed by atoms with van der Waals surface area (Å²) in [4.78, 5) is 45.1. The number of hydrogen-bond donors (Lipinski definition) is 1. The summed E-state index contributed by atoms with van der Waals surface area (Å²) < 4.78 is 10.8. The van der Waals surface area contributed by atoms with Crippen LogP contribution >= 0.6 is 0 Å². The molecule has 3 aromatic carbocycles. The van der Waals surface area contributed by atoms with Crippen molar-refractivity contribution in [3.8, 4) is 11.5 Å². The maximum atomic E-state index is 14.1. The third-order valence-electron chi connectivity index (χ3n) is 7.93. The Morgan fingerprint density at radius 1 is 0.884 bits per heavy atom. The van der Waals surface area contributed by atoms with E-state index in [0.29, 0.717) is 37.6 Å². The molecule has 226 valence electrons. The van der Waals surface area contributed by atoms with Crippen LogP contribution in [-0.2, 0) is 22.6 Å². The Labute approximate surface area is 252 Å². The smallest absolute Gasteiger partial charge is 0.334 e. The number of hydrogen-bond acceptors (Lipinski definition) is 6. The summed E-state index contributed by atoms with van der Waals surface area (Å²) >= 11 is 0. The number of hydrazine groups is 1. The van der Waals surface area contributed by atoms with Gasteiger partial charge in [-0.1, -0.05) is 73.7 Å². The number of nitrogens with one attached hydrogen (secondary N) is 1. The molecular formula is C33H39N5O5. The van der Waals surface area contributed by atoms with Crippen molar-refractivity contribution >= 4 is 17.8 Å². The van der Waals surface area contributed by atoms with Gasteiger partial charge in [0.15, 0.2) is 11.5 Å². The fraction of sp³-hybridized carbons (Fsp3) is 0.364. The first-order chi connectivity index (χ1) is 20.9. The van der Waals surface area contributed by atoms with Crippen molar-refractivity contribution in [2.75, 3.05) is 40.4 Å². The largest absolute Gasteiger partial charge is 0.493 e. The molecule has 3 aromatic rings. The molecule has 4 amide bonds. The van der Waals surface area contributed by atoms with Crippen LogP contribution in [0, 0.1) is 0 Å². The first-order valence-electron chi connectivity index (χ1n) is 14.7. The normalized spacial score (nSPS) is 18.8. The van der Waals surface area contributed by atoms with Gasteiger partial charge in [0.25, 0.3) is 0 Å². The van der Waals surface area contributed by atoms with Crippen LogP contribution in [0.2, 0.25) is 0 Å². The van der Waals surface area contributed by atoms with E-state index in [1.807, 2.05) is 90.8 Å². The molecule has 2 heterocycles. The maximum Gasteiger partial charge on any atom is 0.334 e. The second kappa shape index (κ2) is 13.6. The van der Waals surface area contributed by atoms with Gasteiger partial charge in [-0.15, -0.1) is 0 Å². The monoisotopic (exact) mass is 585 g/mol. The first kappa shape index (κ1) is 29.9. The van der Waals surface area contributed by atoms with E-state index in [1.54, 1.807) is 29.0 Å². The molecule has 10 nitrogen and oxygen atoms in total. The summed E-state index contributed by atoms with van der Waals surface area (Å²) in [6.45, 7) is 3.52. The minimum absolute atomic E-state index is 0.0192. The highest BCUT2D eigenvalue weighted by atomic mass is 16.5. The quantitative estimate of drug-likeness (QED) is 0.389. The predicted octanol–water partition coefficient (Wildman–Crippen LogP) is 3.84. The maximum absolute atomic E-state index is 14.1. The zero-order chi connectivity index (χ0) is 30.3. The van der Waals surface area contributed by atoms with E-state index in [-0.39, 0.29) is 30.9 Å². The SMILES string of the molecule is CCCN1CC(=O)N2[C@@H](c3ccccc3)C(=O)N(CCc3ccc(OC)c(OC)c3)C[C@@H]2N1C(=O)NCc1ccccc1. The molecule has 2 fully saturated rings. The van der Waals surface area contributed by atoms with E-state index in [1.165, 1.54) is 0 Å². The molecule has 10 heteroatoms. The number of urea groups is 1. The molecule has 0 radical (unpaired) electrons. The van der Waals surface area contributed by atoms with Gasteiger partial charge in [-0.2, -0.15) is 0 Å². The van der Waals surface area contributed by atoms with Crippen LogP contribution in [0.15, 0.2) is 78.9 Å². The van der Waals surface area contributed by atoms with Crippen LogP contribution in [0.3, 0.4) is 0 Å². The lowest BCUT2D eigenvalue weighted by Crippen LogP contribution is -2.74. The molecule has 1 N–H and O–H groups in total. The Morgan fingerprint density at radius 2 is 1.58 bits per heavy atom. The second-order valence-corrected chi connectivity index (χ2v) is 10.7. The molecule has 0 saturated carbocycles. The van der Waals surface area contributed by atoms with Crippen molar-refractivity contribution in [2.45, 2.75) is 38.5 Å².